The highest BCUT2D eigenvalue weighted by molar-refractivity contribution is 8.07. The Kier molecular flexibility index (Phi) is 9.56. The van der Waals surface area contributed by atoms with Crippen molar-refractivity contribution in [2.75, 3.05) is 18.1 Å². The van der Waals surface area contributed by atoms with Gasteiger partial charge in [-0.05, 0) is 6.92 Å². The molecule has 2 atom stereocenters. The Hall–Kier alpha value is -3.74. The van der Waals surface area contributed by atoms with Crippen molar-refractivity contribution in [3.63, 3.8) is 0 Å². The summed E-state index contributed by atoms with van der Waals surface area (Å²) in [6, 6.07) is 2.32. The molecule has 0 saturated heterocycles. The smallest absolute Gasteiger partial charge is 0.352 e. The molecule has 18 heteroatoms. The van der Waals surface area contributed by atoms with Crippen molar-refractivity contribution in [1.82, 2.24) is 25.0 Å². The molecule has 4 heterocycles. The highest BCUT2D eigenvalue weighted by Crippen LogP contribution is 2.38. The van der Waals surface area contributed by atoms with Crippen LogP contribution in [0.5, 0.6) is 0 Å². The van der Waals surface area contributed by atoms with E-state index in [2.05, 4.69) is 30.1 Å². The number of nitrogen functional groups attached to an aromatic ring is 1. The minimum atomic E-state index is -1.54. The second-order valence-electron chi connectivity index (χ2n) is 7.94. The number of amides is 1. The Morgan fingerprint density at radius 3 is 2.70 bits per heavy atom. The van der Waals surface area contributed by atoms with E-state index < -0.39 is 29.3 Å². The van der Waals surface area contributed by atoms with Gasteiger partial charge in [0.05, 0.1) is 5.69 Å². The average Bonchev–Trinajstić information content (AvgIpc) is 3.57. The summed E-state index contributed by atoms with van der Waals surface area (Å²) >= 11 is 4.52. The van der Waals surface area contributed by atoms with E-state index in [1.807, 2.05) is 41.5 Å². The van der Waals surface area contributed by atoms with Crippen LogP contribution < -0.4 is 20.9 Å². The number of hydrogen-bond donors (Lipinski definition) is 5. The predicted molar refractivity (Wildman–Crippen MR) is 151 cm³/mol. The highest BCUT2D eigenvalue weighted by atomic mass is 32.2. The molecule has 0 unspecified atom stereocenters. The molecule has 3 aromatic rings. The molecular formula is C22H23N8O6S4+. The van der Waals surface area contributed by atoms with E-state index >= 15 is 0 Å². The van der Waals surface area contributed by atoms with Gasteiger partial charge < -0.3 is 31.4 Å². The largest absolute Gasteiger partial charge is 0.480 e. The minimum Gasteiger partial charge on any atom is -0.480 e. The van der Waals surface area contributed by atoms with E-state index in [1.165, 1.54) is 23.1 Å². The summed E-state index contributed by atoms with van der Waals surface area (Å²) in [7, 11) is 1.91. The fourth-order valence-electron chi connectivity index (χ4n) is 3.28. The molecule has 40 heavy (non-hydrogen) atoms. The van der Waals surface area contributed by atoms with Gasteiger partial charge in [0.2, 0.25) is 11.5 Å². The molecule has 0 radical (unpaired) electrons. The van der Waals surface area contributed by atoms with Crippen LogP contribution in [0, 0.1) is 0 Å². The third kappa shape index (κ3) is 7.06. The van der Waals surface area contributed by atoms with Crippen LogP contribution >= 0.6 is 46.4 Å². The molecular weight excluding hydrogens is 601 g/mol. The lowest BCUT2D eigenvalue weighted by Crippen LogP contribution is -2.55. The van der Waals surface area contributed by atoms with Gasteiger partial charge in [-0.15, -0.1) is 23.1 Å². The Morgan fingerprint density at radius 2 is 2.08 bits per heavy atom. The number of carbonyl (C=O) groups is 3. The van der Waals surface area contributed by atoms with Crippen molar-refractivity contribution in [3.05, 3.63) is 46.3 Å². The second-order valence-corrected chi connectivity index (χ2v) is 12.0. The maximum absolute atomic E-state index is 13.0. The van der Waals surface area contributed by atoms with Crippen LogP contribution in [0.2, 0.25) is 0 Å². The van der Waals surface area contributed by atoms with Gasteiger partial charge in [0, 0.05) is 45.3 Å². The Balaban J connectivity index is 1.51. The molecule has 3 aromatic heterocycles. The van der Waals surface area contributed by atoms with Crippen molar-refractivity contribution >= 4 is 75.1 Å². The number of pyridine rings is 1. The number of anilines is 1. The number of nitrogens with zero attached hydrogens (tertiary/aromatic N) is 5. The molecule has 210 valence electrons. The Bertz CT molecular complexity index is 1470. The number of thioether (sulfide) groups is 2. The first kappa shape index (κ1) is 29.2. The van der Waals surface area contributed by atoms with Crippen molar-refractivity contribution < 1.29 is 34.0 Å². The van der Waals surface area contributed by atoms with Crippen LogP contribution in [-0.2, 0) is 26.3 Å². The molecule has 0 spiro atoms. The molecule has 6 N–H and O–H groups in total. The molecule has 1 aliphatic rings. The number of hydrogen-bond acceptors (Lipinski definition) is 14. The number of aryl methyl sites for hydroxylation is 1. The van der Waals surface area contributed by atoms with Gasteiger partial charge in [-0.1, -0.05) is 16.9 Å². The summed E-state index contributed by atoms with van der Waals surface area (Å²) in [5, 5.41) is 29.6. The Labute approximate surface area is 243 Å². The summed E-state index contributed by atoms with van der Waals surface area (Å²) in [5.74, 6) is -3.53. The highest BCUT2D eigenvalue weighted by Gasteiger charge is 2.37. The molecule has 0 saturated carbocycles. The summed E-state index contributed by atoms with van der Waals surface area (Å²) in [4.78, 5) is 51.2. The van der Waals surface area contributed by atoms with Gasteiger partial charge in [-0.25, -0.2) is 19.1 Å². The third-order valence-electron chi connectivity index (χ3n) is 5.15. The van der Waals surface area contributed by atoms with E-state index in [4.69, 9.17) is 10.6 Å². The number of aliphatic carboxylic acids is 2. The number of thiazole rings is 1. The number of rotatable bonds is 11. The summed E-state index contributed by atoms with van der Waals surface area (Å²) in [6.07, 6.45) is 3.81. The van der Waals surface area contributed by atoms with Crippen LogP contribution in [0.3, 0.4) is 0 Å². The maximum Gasteiger partial charge on any atom is 0.352 e. The number of aromatic nitrogens is 4. The zero-order chi connectivity index (χ0) is 28.8. The van der Waals surface area contributed by atoms with Gasteiger partial charge in [0.1, 0.15) is 24.7 Å². The molecule has 0 bridgehead atoms. The van der Waals surface area contributed by atoms with Crippen LogP contribution in [0.15, 0.2) is 50.0 Å². The number of nitrogens with one attached hydrogen (secondary N) is 2. The summed E-state index contributed by atoms with van der Waals surface area (Å²) < 4.78 is 6.47. The number of carboxylic acids is 2. The SMILES string of the molecule is CCO/N=C(\C(=O)N[C@H](C(=O)O)[C@@H]1NC(C(=O)O)=C(Sc2nc(-c3cc[n+](C)cc3)cs2)CS1)c1nsc(N)n1. The summed E-state index contributed by atoms with van der Waals surface area (Å²) in [5.41, 5.74) is 6.75. The lowest BCUT2D eigenvalue weighted by atomic mass is 10.2. The molecule has 4 rings (SSSR count). The first-order valence-corrected chi connectivity index (χ1v) is 14.9. The molecule has 0 aliphatic carbocycles. The number of nitrogens with two attached hydrogens (primary N) is 1. The predicted octanol–water partition coefficient (Wildman–Crippen LogP) is 1.13. The fourth-order valence-corrected chi connectivity index (χ4v) is 7.00. The van der Waals surface area contributed by atoms with E-state index in [-0.39, 0.29) is 34.7 Å². The fraction of sp³-hybridized carbons (Fsp3) is 0.273. The number of carboxylic acid groups (broad SMARTS) is 2. The van der Waals surface area contributed by atoms with E-state index in [0.717, 1.165) is 34.6 Å². The molecule has 0 fully saturated rings. The van der Waals surface area contributed by atoms with E-state index in [9.17, 15) is 24.6 Å². The van der Waals surface area contributed by atoms with Crippen LogP contribution in [0.4, 0.5) is 5.13 Å². The van der Waals surface area contributed by atoms with Gasteiger partial charge >= 0.3 is 11.9 Å². The zero-order valence-corrected chi connectivity index (χ0v) is 24.2. The van der Waals surface area contributed by atoms with Gasteiger partial charge in [-0.3, -0.25) is 4.79 Å². The Morgan fingerprint density at radius 1 is 1.32 bits per heavy atom. The molecule has 0 aromatic carbocycles. The first-order valence-electron chi connectivity index (χ1n) is 11.4. The monoisotopic (exact) mass is 623 g/mol. The van der Waals surface area contributed by atoms with Gasteiger partial charge in [0.15, 0.2) is 27.9 Å². The second kappa shape index (κ2) is 13.1. The number of oxime groups is 1. The lowest BCUT2D eigenvalue weighted by molar-refractivity contribution is -0.671. The van der Waals surface area contributed by atoms with Crippen molar-refractivity contribution in [2.24, 2.45) is 12.2 Å². The maximum atomic E-state index is 13.0. The third-order valence-corrected chi connectivity index (χ3v) is 9.11. The van der Waals surface area contributed by atoms with Crippen molar-refractivity contribution in [2.45, 2.75) is 22.7 Å². The quantitative estimate of drug-likeness (QED) is 0.116. The average molecular weight is 624 g/mol. The van der Waals surface area contributed by atoms with Crippen molar-refractivity contribution in [3.8, 4) is 11.3 Å². The number of carbonyl (C=O) groups excluding carboxylic acids is 1. The van der Waals surface area contributed by atoms with Crippen LogP contribution in [-0.4, -0.2) is 71.9 Å². The molecule has 1 amide bonds. The standard InChI is InChI=1S/C22H22N8O6S4/c1-3-36-28-14(16-27-21(23)40-29-16)17(31)25-15(20(34)35)18-26-13(19(32)33)12(9-37-18)39-22-24-11(8-38-22)10-4-6-30(2)7-5-10/h4-8,15,18,26H,3,9H2,1-2H3,(H4-,23,25,27,29,31,32,33,34,35)/p+1/b28-14-/t15-,18+/m0/s1. The van der Waals surface area contributed by atoms with Crippen molar-refractivity contribution in [1.29, 1.82) is 0 Å². The molecule has 1 aliphatic heterocycles. The van der Waals surface area contributed by atoms with Crippen LogP contribution in [0.1, 0.15) is 12.7 Å². The van der Waals surface area contributed by atoms with Crippen LogP contribution in [0.25, 0.3) is 11.3 Å². The first-order chi connectivity index (χ1) is 19.2. The zero-order valence-electron chi connectivity index (χ0n) is 20.9. The lowest BCUT2D eigenvalue weighted by Gasteiger charge is -2.31. The van der Waals surface area contributed by atoms with Gasteiger partial charge in [-0.2, -0.15) is 9.36 Å². The normalized spacial score (nSPS) is 16.2. The van der Waals surface area contributed by atoms with E-state index in [0.29, 0.717) is 9.24 Å². The van der Waals surface area contributed by atoms with E-state index in [1.54, 1.807) is 6.92 Å². The van der Waals surface area contributed by atoms with Gasteiger partial charge in [0.25, 0.3) is 5.91 Å². The summed E-state index contributed by atoms with van der Waals surface area (Å²) in [6.45, 7) is 1.78. The topological polar surface area (TPSA) is 206 Å². The minimum absolute atomic E-state index is 0.0813. The molecule has 14 nitrogen and oxygen atoms in total.